The molecule has 1 fully saturated rings. The maximum Gasteiger partial charge on any atom is 0.170 e. The molecule has 1 N–H and O–H groups in total. The Labute approximate surface area is 137 Å². The second kappa shape index (κ2) is 6.48. The highest BCUT2D eigenvalue weighted by Crippen LogP contribution is 2.38. The first kappa shape index (κ1) is 15.0. The van der Waals surface area contributed by atoms with Crippen LogP contribution in [0.4, 0.5) is 0 Å². The predicted molar refractivity (Wildman–Crippen MR) is 92.5 cm³/mol. The van der Waals surface area contributed by atoms with E-state index in [-0.39, 0.29) is 12.1 Å². The van der Waals surface area contributed by atoms with E-state index in [1.807, 2.05) is 18.3 Å². The van der Waals surface area contributed by atoms with Crippen LogP contribution in [-0.2, 0) is 7.05 Å². The number of hydrogen-bond acceptors (Lipinski definition) is 2. The Morgan fingerprint density at radius 3 is 2.82 bits per heavy atom. The van der Waals surface area contributed by atoms with E-state index in [4.69, 9.17) is 12.2 Å². The lowest BCUT2D eigenvalue weighted by atomic mass is 9.99. The summed E-state index contributed by atoms with van der Waals surface area (Å²) in [7, 11) is 2.05. The Morgan fingerprint density at radius 2 is 2.18 bits per heavy atom. The lowest BCUT2D eigenvalue weighted by Crippen LogP contribution is -2.30. The molecule has 0 amide bonds. The van der Waals surface area contributed by atoms with Gasteiger partial charge in [-0.25, -0.2) is 0 Å². The summed E-state index contributed by atoms with van der Waals surface area (Å²) < 4.78 is 2.09. The van der Waals surface area contributed by atoms with E-state index in [1.165, 1.54) is 5.56 Å². The number of pyridine rings is 1. The molecule has 116 valence electrons. The van der Waals surface area contributed by atoms with Gasteiger partial charge in [0, 0.05) is 32.2 Å². The maximum absolute atomic E-state index is 5.59. The Kier molecular flexibility index (Phi) is 4.43. The zero-order valence-electron chi connectivity index (χ0n) is 13.1. The molecule has 0 unspecified atom stereocenters. The Hall–Kier alpha value is -1.88. The van der Waals surface area contributed by atoms with Crippen molar-refractivity contribution in [3.05, 3.63) is 54.1 Å². The summed E-state index contributed by atoms with van der Waals surface area (Å²) in [6.07, 6.45) is 8.41. The van der Waals surface area contributed by atoms with Gasteiger partial charge in [-0.05, 0) is 42.4 Å². The third-order valence-electron chi connectivity index (χ3n) is 4.15. The summed E-state index contributed by atoms with van der Waals surface area (Å²) in [5, 5.41) is 4.30. The van der Waals surface area contributed by atoms with Crippen molar-refractivity contribution in [3.63, 3.8) is 0 Å². The highest BCUT2D eigenvalue weighted by atomic mass is 32.1. The molecule has 22 heavy (non-hydrogen) atoms. The van der Waals surface area contributed by atoms with Crippen LogP contribution in [0.25, 0.3) is 0 Å². The average molecular weight is 314 g/mol. The minimum Gasteiger partial charge on any atom is -0.357 e. The van der Waals surface area contributed by atoms with Gasteiger partial charge in [0.25, 0.3) is 0 Å². The first-order chi connectivity index (χ1) is 10.7. The van der Waals surface area contributed by atoms with Crippen LogP contribution >= 0.6 is 12.2 Å². The van der Waals surface area contributed by atoms with Crippen LogP contribution in [0.15, 0.2) is 42.9 Å². The van der Waals surface area contributed by atoms with Crippen molar-refractivity contribution >= 4 is 17.3 Å². The molecule has 4 nitrogen and oxygen atoms in total. The standard InChI is InChI=1S/C17H22N4S/c1-3-4-10-21-16(13-8-11-20(2)12-13)15(19-17(21)22)14-7-5-6-9-18-14/h5-9,11-12,15-16H,3-4,10H2,1-2H3,(H,19,22)/t15-,16+/m1/s1. The van der Waals surface area contributed by atoms with Crippen LogP contribution in [0.3, 0.4) is 0 Å². The van der Waals surface area contributed by atoms with Gasteiger partial charge in [-0.2, -0.15) is 0 Å². The molecule has 3 heterocycles. The van der Waals surface area contributed by atoms with E-state index in [2.05, 4.69) is 58.3 Å². The molecule has 0 aliphatic carbocycles. The minimum atomic E-state index is 0.105. The molecule has 1 aliphatic heterocycles. The fourth-order valence-electron chi connectivity index (χ4n) is 3.04. The number of thiocarbonyl (C=S) groups is 1. The van der Waals surface area contributed by atoms with Gasteiger partial charge in [-0.15, -0.1) is 0 Å². The average Bonchev–Trinajstić information content (AvgIpc) is 3.09. The summed E-state index contributed by atoms with van der Waals surface area (Å²) in [5.74, 6) is 0. The molecule has 1 saturated heterocycles. The van der Waals surface area contributed by atoms with Crippen molar-refractivity contribution in [2.24, 2.45) is 7.05 Å². The van der Waals surface area contributed by atoms with Gasteiger partial charge in [-0.1, -0.05) is 19.4 Å². The van der Waals surface area contributed by atoms with Gasteiger partial charge < -0.3 is 14.8 Å². The van der Waals surface area contributed by atoms with Gasteiger partial charge in [0.05, 0.1) is 17.8 Å². The van der Waals surface area contributed by atoms with Crippen molar-refractivity contribution in [1.82, 2.24) is 19.8 Å². The number of rotatable bonds is 5. The highest BCUT2D eigenvalue weighted by molar-refractivity contribution is 7.80. The lowest BCUT2D eigenvalue weighted by molar-refractivity contribution is 0.313. The molecular formula is C17H22N4S. The third-order valence-corrected chi connectivity index (χ3v) is 4.50. The Bertz CT molecular complexity index is 637. The molecule has 2 atom stereocenters. The van der Waals surface area contributed by atoms with Gasteiger partial charge >= 0.3 is 0 Å². The van der Waals surface area contributed by atoms with Crippen molar-refractivity contribution in [1.29, 1.82) is 0 Å². The zero-order valence-corrected chi connectivity index (χ0v) is 13.9. The third kappa shape index (κ3) is 2.86. The van der Waals surface area contributed by atoms with E-state index < -0.39 is 0 Å². The second-order valence-corrected chi connectivity index (χ2v) is 6.17. The van der Waals surface area contributed by atoms with Crippen LogP contribution in [0.5, 0.6) is 0 Å². The van der Waals surface area contributed by atoms with Crippen LogP contribution in [0.1, 0.15) is 43.1 Å². The molecule has 0 radical (unpaired) electrons. The number of nitrogens with zero attached hydrogens (tertiary/aromatic N) is 3. The second-order valence-electron chi connectivity index (χ2n) is 5.78. The lowest BCUT2D eigenvalue weighted by Gasteiger charge is -2.27. The summed E-state index contributed by atoms with van der Waals surface area (Å²) in [6, 6.07) is 8.53. The van der Waals surface area contributed by atoms with Gasteiger partial charge in [-0.3, -0.25) is 4.98 Å². The monoisotopic (exact) mass is 314 g/mol. The maximum atomic E-state index is 5.59. The number of nitrogens with one attached hydrogen (secondary N) is 1. The predicted octanol–water partition coefficient (Wildman–Crippen LogP) is 3.19. The van der Waals surface area contributed by atoms with Gasteiger partial charge in [0.15, 0.2) is 5.11 Å². The molecule has 2 aromatic rings. The molecule has 0 saturated carbocycles. The topological polar surface area (TPSA) is 33.1 Å². The number of unbranched alkanes of at least 4 members (excludes halogenated alkanes) is 1. The smallest absolute Gasteiger partial charge is 0.170 e. The van der Waals surface area contributed by atoms with Crippen LogP contribution in [0, 0.1) is 0 Å². The van der Waals surface area contributed by atoms with Crippen LogP contribution < -0.4 is 5.32 Å². The van der Waals surface area contributed by atoms with Crippen molar-refractivity contribution < 1.29 is 0 Å². The van der Waals surface area contributed by atoms with E-state index in [0.717, 1.165) is 30.2 Å². The van der Waals surface area contributed by atoms with E-state index >= 15 is 0 Å². The fourth-order valence-corrected chi connectivity index (χ4v) is 3.37. The van der Waals surface area contributed by atoms with Crippen LogP contribution in [-0.4, -0.2) is 26.1 Å². The largest absolute Gasteiger partial charge is 0.357 e. The summed E-state index contributed by atoms with van der Waals surface area (Å²) in [5.41, 5.74) is 2.32. The summed E-state index contributed by atoms with van der Waals surface area (Å²) in [6.45, 7) is 3.19. The van der Waals surface area contributed by atoms with E-state index in [0.29, 0.717) is 0 Å². The zero-order chi connectivity index (χ0) is 15.5. The highest BCUT2D eigenvalue weighted by Gasteiger charge is 2.39. The van der Waals surface area contributed by atoms with E-state index in [1.54, 1.807) is 0 Å². The number of aromatic nitrogens is 2. The Balaban J connectivity index is 1.96. The molecule has 1 aliphatic rings. The SMILES string of the molecule is CCCCN1C(=S)N[C@H](c2ccccn2)[C@@H]1c1ccn(C)c1. The molecular weight excluding hydrogens is 292 g/mol. The number of hydrogen-bond donors (Lipinski definition) is 1. The van der Waals surface area contributed by atoms with Gasteiger partial charge in [0.2, 0.25) is 0 Å². The number of aryl methyl sites for hydroxylation is 1. The van der Waals surface area contributed by atoms with Crippen molar-refractivity contribution in [2.75, 3.05) is 6.54 Å². The minimum absolute atomic E-state index is 0.105. The first-order valence-corrected chi connectivity index (χ1v) is 8.21. The summed E-state index contributed by atoms with van der Waals surface area (Å²) >= 11 is 5.59. The van der Waals surface area contributed by atoms with Crippen molar-refractivity contribution in [3.8, 4) is 0 Å². The van der Waals surface area contributed by atoms with Crippen LogP contribution in [0.2, 0.25) is 0 Å². The normalized spacial score (nSPS) is 21.2. The molecule has 0 aromatic carbocycles. The first-order valence-electron chi connectivity index (χ1n) is 7.80. The Morgan fingerprint density at radius 1 is 1.32 bits per heavy atom. The molecule has 3 rings (SSSR count). The van der Waals surface area contributed by atoms with Gasteiger partial charge in [0.1, 0.15) is 0 Å². The van der Waals surface area contributed by atoms with E-state index in [9.17, 15) is 0 Å². The fraction of sp³-hybridized carbons (Fsp3) is 0.412. The molecule has 0 spiro atoms. The quantitative estimate of drug-likeness (QED) is 0.859. The molecule has 5 heteroatoms. The molecule has 0 bridgehead atoms. The molecule has 2 aromatic heterocycles. The van der Waals surface area contributed by atoms with Crippen molar-refractivity contribution in [2.45, 2.75) is 31.8 Å². The summed E-state index contributed by atoms with van der Waals surface area (Å²) in [4.78, 5) is 6.85.